The molecule has 2 aliphatic rings. The smallest absolute Gasteiger partial charge is 0.155 e. The summed E-state index contributed by atoms with van der Waals surface area (Å²) in [5, 5.41) is 2.64. The molecular weight excluding hydrogens is 338 g/mol. The minimum Gasteiger partial charge on any atom is -0.491 e. The number of hydrogen-bond donors (Lipinski definition) is 1. The third-order valence-electron chi connectivity index (χ3n) is 5.11. The molecule has 1 aromatic rings. The second-order valence-corrected chi connectivity index (χ2v) is 7.16. The first-order valence-corrected chi connectivity index (χ1v) is 9.55. The number of hydrogen-bond acceptors (Lipinski definition) is 5. The number of carbonyl (C=O) groups is 1. The maximum Gasteiger partial charge on any atom is 0.155 e. The average molecular weight is 364 g/mol. The predicted molar refractivity (Wildman–Crippen MR) is 98.7 cm³/mol. The third kappa shape index (κ3) is 4.15. The SMILES string of the molecule is CCCN1NCC=C1C1CCCCC1COc1cncc(Cl)c1C=O. The second kappa shape index (κ2) is 8.68. The molecule has 0 spiro atoms. The quantitative estimate of drug-likeness (QED) is 0.746. The molecule has 0 bridgehead atoms. The molecular formula is C19H26ClN3O2. The van der Waals surface area contributed by atoms with Crippen molar-refractivity contribution in [2.45, 2.75) is 39.0 Å². The van der Waals surface area contributed by atoms with E-state index in [1.165, 1.54) is 31.2 Å². The summed E-state index contributed by atoms with van der Waals surface area (Å²) in [6.45, 7) is 4.73. The van der Waals surface area contributed by atoms with Crippen LogP contribution in [0.15, 0.2) is 24.2 Å². The highest BCUT2D eigenvalue weighted by Gasteiger charge is 2.32. The van der Waals surface area contributed by atoms with Gasteiger partial charge in [0.2, 0.25) is 0 Å². The van der Waals surface area contributed by atoms with Crippen LogP contribution in [0.5, 0.6) is 5.75 Å². The molecule has 5 nitrogen and oxygen atoms in total. The predicted octanol–water partition coefficient (Wildman–Crippen LogP) is 3.85. The molecule has 2 atom stereocenters. The number of carbonyl (C=O) groups excluding carboxylic acids is 1. The Balaban J connectivity index is 1.70. The zero-order chi connectivity index (χ0) is 17.6. The lowest BCUT2D eigenvalue weighted by Gasteiger charge is -2.36. The minimum atomic E-state index is 0.338. The zero-order valence-corrected chi connectivity index (χ0v) is 15.5. The van der Waals surface area contributed by atoms with Gasteiger partial charge in [-0.2, -0.15) is 0 Å². The van der Waals surface area contributed by atoms with Gasteiger partial charge in [0.25, 0.3) is 0 Å². The summed E-state index contributed by atoms with van der Waals surface area (Å²) in [7, 11) is 0. The van der Waals surface area contributed by atoms with Gasteiger partial charge in [-0.1, -0.05) is 31.4 Å². The van der Waals surface area contributed by atoms with Gasteiger partial charge >= 0.3 is 0 Å². The number of nitrogens with one attached hydrogen (secondary N) is 1. The van der Waals surface area contributed by atoms with Gasteiger partial charge in [-0.25, -0.2) is 5.43 Å². The molecule has 0 amide bonds. The highest BCUT2D eigenvalue weighted by atomic mass is 35.5. The second-order valence-electron chi connectivity index (χ2n) is 6.76. The minimum absolute atomic E-state index is 0.338. The maximum absolute atomic E-state index is 11.3. The van der Waals surface area contributed by atoms with Crippen molar-refractivity contribution in [3.05, 3.63) is 34.8 Å². The Labute approximate surface area is 154 Å². The Morgan fingerprint density at radius 3 is 3.04 bits per heavy atom. The first kappa shape index (κ1) is 18.2. The maximum atomic E-state index is 11.3. The van der Waals surface area contributed by atoms with E-state index in [1.807, 2.05) is 0 Å². The number of nitrogens with zero attached hydrogens (tertiary/aromatic N) is 2. The summed E-state index contributed by atoms with van der Waals surface area (Å²) in [5.74, 6) is 1.43. The molecule has 6 heteroatoms. The van der Waals surface area contributed by atoms with Gasteiger partial charge in [0.15, 0.2) is 6.29 Å². The standard InChI is InChI=1S/C19H26ClN3O2/c1-2-9-23-18(7-8-22-23)15-6-4-3-5-14(15)13-25-19-11-21-10-17(20)16(19)12-24/h7,10-12,14-15,22H,2-6,8-9,13H2,1H3. The van der Waals surface area contributed by atoms with Crippen molar-refractivity contribution in [2.24, 2.45) is 11.8 Å². The number of rotatable bonds is 7. The van der Waals surface area contributed by atoms with E-state index in [4.69, 9.17) is 16.3 Å². The van der Waals surface area contributed by atoms with Gasteiger partial charge in [0.05, 0.1) is 23.4 Å². The molecule has 2 unspecified atom stereocenters. The summed E-state index contributed by atoms with van der Waals surface area (Å²) in [4.78, 5) is 15.3. The molecule has 3 rings (SSSR count). The van der Waals surface area contributed by atoms with E-state index in [1.54, 1.807) is 6.20 Å². The van der Waals surface area contributed by atoms with Gasteiger partial charge in [0, 0.05) is 36.8 Å². The summed E-state index contributed by atoms with van der Waals surface area (Å²) in [6, 6.07) is 0. The molecule has 1 fully saturated rings. The first-order chi connectivity index (χ1) is 12.2. The topological polar surface area (TPSA) is 54.5 Å². The average Bonchev–Trinajstić information content (AvgIpc) is 3.08. The highest BCUT2D eigenvalue weighted by Crippen LogP contribution is 2.37. The van der Waals surface area contributed by atoms with Crippen molar-refractivity contribution in [3.63, 3.8) is 0 Å². The van der Waals surface area contributed by atoms with Gasteiger partial charge in [-0.15, -0.1) is 0 Å². The summed E-state index contributed by atoms with van der Waals surface area (Å²) < 4.78 is 5.99. The Morgan fingerprint density at radius 2 is 2.24 bits per heavy atom. The van der Waals surface area contributed by atoms with Crippen molar-refractivity contribution in [1.29, 1.82) is 0 Å². The summed E-state index contributed by atoms with van der Waals surface area (Å²) in [6.07, 6.45) is 12.1. The van der Waals surface area contributed by atoms with Gasteiger partial charge in [-0.05, 0) is 25.3 Å². The fourth-order valence-corrected chi connectivity index (χ4v) is 4.09. The lowest BCUT2D eigenvalue weighted by atomic mass is 9.77. The lowest BCUT2D eigenvalue weighted by Crippen LogP contribution is -2.38. The van der Waals surface area contributed by atoms with E-state index >= 15 is 0 Å². The van der Waals surface area contributed by atoms with Crippen LogP contribution in [0.2, 0.25) is 5.02 Å². The molecule has 25 heavy (non-hydrogen) atoms. The number of ether oxygens (including phenoxy) is 1. The largest absolute Gasteiger partial charge is 0.491 e. The van der Waals surface area contributed by atoms with Crippen LogP contribution in [0.1, 0.15) is 49.4 Å². The van der Waals surface area contributed by atoms with E-state index < -0.39 is 0 Å². The van der Waals surface area contributed by atoms with Crippen LogP contribution in [0.4, 0.5) is 0 Å². The number of pyridine rings is 1. The highest BCUT2D eigenvalue weighted by molar-refractivity contribution is 6.33. The van der Waals surface area contributed by atoms with Crippen molar-refractivity contribution >= 4 is 17.9 Å². The van der Waals surface area contributed by atoms with Gasteiger partial charge in [-0.3, -0.25) is 9.78 Å². The molecule has 0 aromatic carbocycles. The van der Waals surface area contributed by atoms with E-state index in [2.05, 4.69) is 28.4 Å². The van der Waals surface area contributed by atoms with Crippen LogP contribution in [0.25, 0.3) is 0 Å². The normalized spacial score (nSPS) is 23.4. The first-order valence-electron chi connectivity index (χ1n) is 9.17. The number of aldehydes is 1. The van der Waals surface area contributed by atoms with Crippen LogP contribution >= 0.6 is 11.6 Å². The van der Waals surface area contributed by atoms with Crippen molar-refractivity contribution in [2.75, 3.05) is 19.7 Å². The molecule has 1 N–H and O–H groups in total. The molecule has 1 aliphatic carbocycles. The summed E-state index contributed by atoms with van der Waals surface area (Å²) in [5.41, 5.74) is 5.25. The molecule has 2 heterocycles. The van der Waals surface area contributed by atoms with Crippen LogP contribution < -0.4 is 10.2 Å². The van der Waals surface area contributed by atoms with Crippen LogP contribution in [0, 0.1) is 11.8 Å². The van der Waals surface area contributed by atoms with E-state index in [9.17, 15) is 4.79 Å². The Hall–Kier alpha value is -1.59. The lowest BCUT2D eigenvalue weighted by molar-refractivity contribution is 0.111. The Kier molecular flexibility index (Phi) is 6.32. The van der Waals surface area contributed by atoms with Crippen molar-refractivity contribution in [1.82, 2.24) is 15.4 Å². The molecule has 0 saturated heterocycles. The number of aromatic nitrogens is 1. The Bertz CT molecular complexity index is 635. The van der Waals surface area contributed by atoms with E-state index in [0.29, 0.717) is 34.8 Å². The number of halogens is 1. The van der Waals surface area contributed by atoms with Crippen LogP contribution in [-0.2, 0) is 0 Å². The number of hydrazine groups is 1. The van der Waals surface area contributed by atoms with Crippen molar-refractivity contribution in [3.8, 4) is 5.75 Å². The Morgan fingerprint density at radius 1 is 1.40 bits per heavy atom. The summed E-state index contributed by atoms with van der Waals surface area (Å²) >= 11 is 6.04. The monoisotopic (exact) mass is 363 g/mol. The third-order valence-corrected chi connectivity index (χ3v) is 5.42. The fourth-order valence-electron chi connectivity index (χ4n) is 3.90. The van der Waals surface area contributed by atoms with E-state index in [0.717, 1.165) is 32.2 Å². The molecule has 1 saturated carbocycles. The number of allylic oxidation sites excluding steroid dienone is 1. The van der Waals surface area contributed by atoms with Crippen molar-refractivity contribution < 1.29 is 9.53 Å². The van der Waals surface area contributed by atoms with E-state index in [-0.39, 0.29) is 0 Å². The zero-order valence-electron chi connectivity index (χ0n) is 14.7. The molecule has 1 aromatic heterocycles. The van der Waals surface area contributed by atoms with Gasteiger partial charge < -0.3 is 9.75 Å². The molecule has 136 valence electrons. The molecule has 1 aliphatic heterocycles. The van der Waals surface area contributed by atoms with Gasteiger partial charge in [0.1, 0.15) is 5.75 Å². The molecule has 0 radical (unpaired) electrons. The fraction of sp³-hybridized carbons (Fsp3) is 0.579. The van der Waals surface area contributed by atoms with Crippen LogP contribution in [-0.4, -0.2) is 36.0 Å². The van der Waals surface area contributed by atoms with Crippen LogP contribution in [0.3, 0.4) is 0 Å².